The van der Waals surface area contributed by atoms with Crippen LogP contribution in [0, 0.1) is 10.1 Å². The van der Waals surface area contributed by atoms with Crippen molar-refractivity contribution in [2.45, 2.75) is 13.0 Å². The molecule has 1 atom stereocenters. The van der Waals surface area contributed by atoms with E-state index in [2.05, 4.69) is 10.6 Å². The van der Waals surface area contributed by atoms with Gasteiger partial charge in [-0.2, -0.15) is 0 Å². The van der Waals surface area contributed by atoms with Crippen LogP contribution in [0.4, 0.5) is 11.4 Å². The molecule has 9 nitrogen and oxygen atoms in total. The predicted molar refractivity (Wildman–Crippen MR) is 101 cm³/mol. The van der Waals surface area contributed by atoms with Gasteiger partial charge in [0.15, 0.2) is 6.61 Å². The van der Waals surface area contributed by atoms with Crippen LogP contribution in [0.5, 0.6) is 0 Å². The normalized spacial score (nSPS) is 11.2. The summed E-state index contributed by atoms with van der Waals surface area (Å²) >= 11 is 5.75. The van der Waals surface area contributed by atoms with Crippen LogP contribution in [-0.2, 0) is 14.3 Å². The number of benzene rings is 2. The maximum absolute atomic E-state index is 12.0. The second-order valence-corrected chi connectivity index (χ2v) is 6.10. The maximum Gasteiger partial charge on any atom is 0.328 e. The third-order valence-corrected chi connectivity index (χ3v) is 3.77. The Morgan fingerprint density at radius 3 is 2.29 bits per heavy atom. The minimum Gasteiger partial charge on any atom is -0.454 e. The van der Waals surface area contributed by atoms with Crippen molar-refractivity contribution >= 4 is 40.8 Å². The van der Waals surface area contributed by atoms with Crippen LogP contribution in [0.1, 0.15) is 17.3 Å². The summed E-state index contributed by atoms with van der Waals surface area (Å²) in [5.41, 5.74) is 0.519. The van der Waals surface area contributed by atoms with Gasteiger partial charge in [-0.05, 0) is 43.3 Å². The van der Waals surface area contributed by atoms with E-state index < -0.39 is 35.4 Å². The molecule has 2 rings (SSSR count). The van der Waals surface area contributed by atoms with E-state index in [1.54, 1.807) is 12.1 Å². The number of carbonyl (C=O) groups is 3. The van der Waals surface area contributed by atoms with Crippen molar-refractivity contribution in [3.63, 3.8) is 0 Å². The SMILES string of the molecule is C[C@H](NC(=O)c1ccc(Cl)cc1)C(=O)OCC(=O)Nc1ccc([N+](=O)[O-])cc1. The highest BCUT2D eigenvalue weighted by Crippen LogP contribution is 2.15. The number of nitro groups is 1. The number of non-ortho nitro benzene ring substituents is 1. The summed E-state index contributed by atoms with van der Waals surface area (Å²) in [6.07, 6.45) is 0. The Balaban J connectivity index is 1.80. The summed E-state index contributed by atoms with van der Waals surface area (Å²) in [5.74, 6) is -1.91. The zero-order valence-corrected chi connectivity index (χ0v) is 15.4. The smallest absolute Gasteiger partial charge is 0.328 e. The molecule has 0 aliphatic carbocycles. The molecule has 0 radical (unpaired) electrons. The van der Waals surface area contributed by atoms with Gasteiger partial charge < -0.3 is 15.4 Å². The van der Waals surface area contributed by atoms with Crippen molar-refractivity contribution in [2.24, 2.45) is 0 Å². The van der Waals surface area contributed by atoms with Gasteiger partial charge in [0, 0.05) is 28.4 Å². The average molecular weight is 406 g/mol. The van der Waals surface area contributed by atoms with E-state index >= 15 is 0 Å². The largest absolute Gasteiger partial charge is 0.454 e. The maximum atomic E-state index is 12.0. The van der Waals surface area contributed by atoms with E-state index in [1.807, 2.05) is 0 Å². The molecule has 0 aliphatic rings. The van der Waals surface area contributed by atoms with Crippen molar-refractivity contribution in [1.82, 2.24) is 5.32 Å². The fraction of sp³-hybridized carbons (Fsp3) is 0.167. The number of hydrogen-bond acceptors (Lipinski definition) is 6. The molecule has 2 aromatic rings. The van der Waals surface area contributed by atoms with Crippen LogP contribution in [0.25, 0.3) is 0 Å². The number of ether oxygens (including phenoxy) is 1. The lowest BCUT2D eigenvalue weighted by molar-refractivity contribution is -0.384. The van der Waals surface area contributed by atoms with Gasteiger partial charge >= 0.3 is 5.97 Å². The molecular formula is C18H16ClN3O6. The van der Waals surface area contributed by atoms with Crippen LogP contribution in [0.2, 0.25) is 5.02 Å². The van der Waals surface area contributed by atoms with Gasteiger partial charge in [-0.3, -0.25) is 19.7 Å². The van der Waals surface area contributed by atoms with Crippen molar-refractivity contribution in [3.8, 4) is 0 Å². The Bertz CT molecular complexity index is 883. The van der Waals surface area contributed by atoms with E-state index in [-0.39, 0.29) is 5.69 Å². The van der Waals surface area contributed by atoms with Crippen molar-refractivity contribution in [3.05, 3.63) is 69.2 Å². The van der Waals surface area contributed by atoms with Gasteiger partial charge in [-0.25, -0.2) is 4.79 Å². The van der Waals surface area contributed by atoms with Crippen molar-refractivity contribution < 1.29 is 24.0 Å². The number of nitrogens with one attached hydrogen (secondary N) is 2. The Kier molecular flexibility index (Phi) is 7.05. The Labute approximate surface area is 164 Å². The number of nitro benzene ring substituents is 1. The Morgan fingerprint density at radius 1 is 1.11 bits per heavy atom. The molecule has 0 spiro atoms. The topological polar surface area (TPSA) is 128 Å². The van der Waals surface area contributed by atoms with E-state index in [0.29, 0.717) is 16.3 Å². The molecular weight excluding hydrogens is 390 g/mol. The molecule has 2 amide bonds. The second-order valence-electron chi connectivity index (χ2n) is 5.66. The van der Waals surface area contributed by atoms with Crippen molar-refractivity contribution in [1.29, 1.82) is 0 Å². The van der Waals surface area contributed by atoms with Crippen LogP contribution in [-0.4, -0.2) is 35.4 Å². The molecule has 0 saturated heterocycles. The highest BCUT2D eigenvalue weighted by Gasteiger charge is 2.19. The molecule has 2 aromatic carbocycles. The van der Waals surface area contributed by atoms with Crippen LogP contribution in [0.3, 0.4) is 0 Å². The predicted octanol–water partition coefficient (Wildman–Crippen LogP) is 2.55. The highest BCUT2D eigenvalue weighted by atomic mass is 35.5. The number of carbonyl (C=O) groups excluding carboxylic acids is 3. The third kappa shape index (κ3) is 6.06. The highest BCUT2D eigenvalue weighted by molar-refractivity contribution is 6.30. The molecule has 0 bridgehead atoms. The summed E-state index contributed by atoms with van der Waals surface area (Å²) < 4.78 is 4.86. The zero-order valence-electron chi connectivity index (χ0n) is 14.7. The third-order valence-electron chi connectivity index (χ3n) is 3.51. The fourth-order valence-corrected chi connectivity index (χ4v) is 2.19. The number of esters is 1. The zero-order chi connectivity index (χ0) is 20.7. The van der Waals surface area contributed by atoms with Gasteiger partial charge in [0.1, 0.15) is 6.04 Å². The standard InChI is InChI=1S/C18H16ClN3O6/c1-11(20-17(24)12-2-4-13(19)5-3-12)18(25)28-10-16(23)21-14-6-8-15(9-7-14)22(26)27/h2-9,11H,10H2,1H3,(H,20,24)(H,21,23)/t11-/m0/s1. The molecule has 28 heavy (non-hydrogen) atoms. The lowest BCUT2D eigenvalue weighted by Gasteiger charge is -2.13. The molecule has 0 unspecified atom stereocenters. The van der Waals surface area contributed by atoms with Gasteiger partial charge in [0.25, 0.3) is 17.5 Å². The van der Waals surface area contributed by atoms with Gasteiger partial charge in [0.05, 0.1) is 4.92 Å². The van der Waals surface area contributed by atoms with Crippen molar-refractivity contribution in [2.75, 3.05) is 11.9 Å². The van der Waals surface area contributed by atoms with E-state index in [9.17, 15) is 24.5 Å². The summed E-state index contributed by atoms with van der Waals surface area (Å²) in [4.78, 5) is 45.8. The van der Waals surface area contributed by atoms with E-state index in [4.69, 9.17) is 16.3 Å². The second kappa shape index (κ2) is 9.47. The first-order chi connectivity index (χ1) is 13.3. The molecule has 2 N–H and O–H groups in total. The number of anilines is 1. The lowest BCUT2D eigenvalue weighted by Crippen LogP contribution is -2.40. The summed E-state index contributed by atoms with van der Waals surface area (Å²) in [6, 6.07) is 10.3. The molecule has 10 heteroatoms. The number of amides is 2. The van der Waals surface area contributed by atoms with Gasteiger partial charge in [0.2, 0.25) is 0 Å². The minimum absolute atomic E-state index is 0.116. The molecule has 0 fully saturated rings. The Morgan fingerprint density at radius 2 is 1.71 bits per heavy atom. The number of hydrogen-bond donors (Lipinski definition) is 2. The summed E-state index contributed by atoms with van der Waals surface area (Å²) in [5, 5.41) is 15.9. The molecule has 0 aliphatic heterocycles. The monoisotopic (exact) mass is 405 g/mol. The quantitative estimate of drug-likeness (QED) is 0.414. The van der Waals surface area contributed by atoms with Gasteiger partial charge in [-0.15, -0.1) is 0 Å². The van der Waals surface area contributed by atoms with Crippen LogP contribution < -0.4 is 10.6 Å². The number of halogens is 1. The van der Waals surface area contributed by atoms with Crippen LogP contribution in [0.15, 0.2) is 48.5 Å². The first kappa shape index (κ1) is 20.8. The Hall–Kier alpha value is -3.46. The summed E-state index contributed by atoms with van der Waals surface area (Å²) in [6.45, 7) is 0.849. The molecule has 0 heterocycles. The van der Waals surface area contributed by atoms with E-state index in [1.165, 1.54) is 43.3 Å². The first-order valence-corrected chi connectivity index (χ1v) is 8.41. The van der Waals surface area contributed by atoms with Crippen LogP contribution >= 0.6 is 11.6 Å². The summed E-state index contributed by atoms with van der Waals surface area (Å²) in [7, 11) is 0. The lowest BCUT2D eigenvalue weighted by atomic mass is 10.2. The minimum atomic E-state index is -0.977. The first-order valence-electron chi connectivity index (χ1n) is 8.03. The van der Waals surface area contributed by atoms with E-state index in [0.717, 1.165) is 0 Å². The molecule has 0 aromatic heterocycles. The van der Waals surface area contributed by atoms with Gasteiger partial charge in [-0.1, -0.05) is 11.6 Å². The molecule has 0 saturated carbocycles. The number of nitrogens with zero attached hydrogens (tertiary/aromatic N) is 1. The fourth-order valence-electron chi connectivity index (χ4n) is 2.07. The molecule has 146 valence electrons. The average Bonchev–Trinajstić information content (AvgIpc) is 2.66. The number of rotatable bonds is 7.